The van der Waals surface area contributed by atoms with Gasteiger partial charge in [0.05, 0.1) is 0 Å². The standard InChI is InChI=1S/C12H12O/c1-3-12(10(2)13)9-11-7-5-4-6-8-11/h3-9H,1H2,2H3. The van der Waals surface area contributed by atoms with Gasteiger partial charge in [0, 0.05) is 5.57 Å². The molecule has 0 aromatic heterocycles. The van der Waals surface area contributed by atoms with Gasteiger partial charge in [-0.2, -0.15) is 0 Å². The first-order chi connectivity index (χ1) is 6.24. The summed E-state index contributed by atoms with van der Waals surface area (Å²) in [6.07, 6.45) is 3.41. The maximum atomic E-state index is 11.0. The smallest absolute Gasteiger partial charge is 0.159 e. The molecule has 1 rings (SSSR count). The third-order valence-electron chi connectivity index (χ3n) is 1.75. The summed E-state index contributed by atoms with van der Waals surface area (Å²) in [5, 5.41) is 0. The third kappa shape index (κ3) is 2.71. The molecule has 0 heterocycles. The van der Waals surface area contributed by atoms with Crippen LogP contribution in [0, 0.1) is 0 Å². The van der Waals surface area contributed by atoms with E-state index in [1.807, 2.05) is 36.4 Å². The lowest BCUT2D eigenvalue weighted by Crippen LogP contribution is -1.91. The van der Waals surface area contributed by atoms with Crippen LogP contribution in [0.5, 0.6) is 0 Å². The van der Waals surface area contributed by atoms with Gasteiger partial charge in [0.1, 0.15) is 0 Å². The minimum absolute atomic E-state index is 0.0406. The van der Waals surface area contributed by atoms with Crippen LogP contribution in [0.3, 0.4) is 0 Å². The Labute approximate surface area is 78.4 Å². The molecule has 1 aromatic carbocycles. The maximum Gasteiger partial charge on any atom is 0.159 e. The Bertz CT molecular complexity index is 333. The molecule has 0 aliphatic rings. The molecular formula is C12H12O. The average molecular weight is 172 g/mol. The number of benzene rings is 1. The summed E-state index contributed by atoms with van der Waals surface area (Å²) in [6, 6.07) is 9.72. The Kier molecular flexibility index (Phi) is 3.21. The van der Waals surface area contributed by atoms with E-state index in [1.165, 1.54) is 6.92 Å². The fourth-order valence-electron chi connectivity index (χ4n) is 1.03. The average Bonchev–Trinajstić information content (AvgIpc) is 2.15. The van der Waals surface area contributed by atoms with E-state index in [2.05, 4.69) is 6.58 Å². The van der Waals surface area contributed by atoms with Crippen molar-refractivity contribution in [3.8, 4) is 0 Å². The first-order valence-corrected chi connectivity index (χ1v) is 4.14. The first kappa shape index (κ1) is 9.46. The molecule has 0 N–H and O–H groups in total. The Balaban J connectivity index is 2.98. The van der Waals surface area contributed by atoms with Crippen molar-refractivity contribution in [3.63, 3.8) is 0 Å². The third-order valence-corrected chi connectivity index (χ3v) is 1.75. The lowest BCUT2D eigenvalue weighted by atomic mass is 10.1. The number of carbonyl (C=O) groups excluding carboxylic acids is 1. The largest absolute Gasteiger partial charge is 0.295 e. The molecule has 1 aromatic rings. The van der Waals surface area contributed by atoms with Crippen LogP contribution >= 0.6 is 0 Å². The van der Waals surface area contributed by atoms with E-state index in [0.29, 0.717) is 5.57 Å². The minimum Gasteiger partial charge on any atom is -0.295 e. The summed E-state index contributed by atoms with van der Waals surface area (Å²) in [5.74, 6) is 0.0406. The van der Waals surface area contributed by atoms with E-state index < -0.39 is 0 Å². The van der Waals surface area contributed by atoms with E-state index in [-0.39, 0.29) is 5.78 Å². The fraction of sp³-hybridized carbons (Fsp3) is 0.0833. The number of ketones is 1. The Morgan fingerprint density at radius 2 is 1.92 bits per heavy atom. The zero-order valence-corrected chi connectivity index (χ0v) is 7.66. The molecule has 0 aliphatic carbocycles. The van der Waals surface area contributed by atoms with Crippen LogP contribution in [0.4, 0.5) is 0 Å². The van der Waals surface area contributed by atoms with Crippen molar-refractivity contribution in [2.75, 3.05) is 0 Å². The topological polar surface area (TPSA) is 17.1 Å². The van der Waals surface area contributed by atoms with Crippen molar-refractivity contribution in [2.45, 2.75) is 6.92 Å². The molecule has 0 saturated heterocycles. The highest BCUT2D eigenvalue weighted by Gasteiger charge is 1.97. The molecule has 1 nitrogen and oxygen atoms in total. The minimum atomic E-state index is 0.0406. The van der Waals surface area contributed by atoms with E-state index in [9.17, 15) is 4.79 Å². The van der Waals surface area contributed by atoms with Crippen LogP contribution in [0.15, 0.2) is 48.6 Å². The van der Waals surface area contributed by atoms with Crippen molar-refractivity contribution in [2.24, 2.45) is 0 Å². The van der Waals surface area contributed by atoms with Crippen molar-refractivity contribution >= 4 is 11.9 Å². The molecule has 0 unspecified atom stereocenters. The summed E-state index contributed by atoms with van der Waals surface area (Å²) in [6.45, 7) is 5.13. The van der Waals surface area contributed by atoms with Crippen LogP contribution in [0.2, 0.25) is 0 Å². The van der Waals surface area contributed by atoms with Gasteiger partial charge in [0.2, 0.25) is 0 Å². The molecule has 0 radical (unpaired) electrons. The van der Waals surface area contributed by atoms with Crippen LogP contribution in [0.1, 0.15) is 12.5 Å². The summed E-state index contributed by atoms with van der Waals surface area (Å²) in [4.78, 5) is 11.0. The number of allylic oxidation sites excluding steroid dienone is 2. The Hall–Kier alpha value is -1.63. The molecule has 66 valence electrons. The van der Waals surface area contributed by atoms with Gasteiger partial charge >= 0.3 is 0 Å². The highest BCUT2D eigenvalue weighted by molar-refractivity contribution is 6.00. The monoisotopic (exact) mass is 172 g/mol. The predicted molar refractivity (Wildman–Crippen MR) is 55.3 cm³/mol. The second kappa shape index (κ2) is 4.41. The fourth-order valence-corrected chi connectivity index (χ4v) is 1.03. The molecular weight excluding hydrogens is 160 g/mol. The molecule has 0 aliphatic heterocycles. The molecule has 0 spiro atoms. The zero-order valence-electron chi connectivity index (χ0n) is 7.66. The molecule has 0 atom stereocenters. The van der Waals surface area contributed by atoms with Crippen molar-refractivity contribution in [3.05, 3.63) is 54.1 Å². The van der Waals surface area contributed by atoms with E-state index in [0.717, 1.165) is 5.56 Å². The van der Waals surface area contributed by atoms with E-state index in [1.54, 1.807) is 6.08 Å². The van der Waals surface area contributed by atoms with Crippen LogP contribution in [-0.4, -0.2) is 5.78 Å². The molecule has 0 saturated carbocycles. The van der Waals surface area contributed by atoms with Gasteiger partial charge in [0.25, 0.3) is 0 Å². The SMILES string of the molecule is C=CC(=Cc1ccccc1)C(C)=O. The lowest BCUT2D eigenvalue weighted by Gasteiger charge is -1.95. The number of rotatable bonds is 3. The van der Waals surface area contributed by atoms with Gasteiger partial charge in [-0.1, -0.05) is 43.0 Å². The molecule has 0 amide bonds. The number of hydrogen-bond donors (Lipinski definition) is 0. The summed E-state index contributed by atoms with van der Waals surface area (Å²) >= 11 is 0. The van der Waals surface area contributed by atoms with Crippen LogP contribution in [0.25, 0.3) is 6.08 Å². The molecule has 0 fully saturated rings. The Morgan fingerprint density at radius 1 is 1.31 bits per heavy atom. The lowest BCUT2D eigenvalue weighted by molar-refractivity contribution is -0.113. The predicted octanol–water partition coefficient (Wildman–Crippen LogP) is 2.85. The van der Waals surface area contributed by atoms with Crippen LogP contribution < -0.4 is 0 Å². The van der Waals surface area contributed by atoms with Gasteiger partial charge in [0.15, 0.2) is 5.78 Å². The van der Waals surface area contributed by atoms with Crippen LogP contribution in [-0.2, 0) is 4.79 Å². The molecule has 13 heavy (non-hydrogen) atoms. The molecule has 1 heteroatoms. The summed E-state index contributed by atoms with van der Waals surface area (Å²) in [7, 11) is 0. The van der Waals surface area contributed by atoms with Gasteiger partial charge in [-0.3, -0.25) is 4.79 Å². The van der Waals surface area contributed by atoms with Crippen molar-refractivity contribution in [1.29, 1.82) is 0 Å². The van der Waals surface area contributed by atoms with E-state index in [4.69, 9.17) is 0 Å². The van der Waals surface area contributed by atoms with Gasteiger partial charge in [-0.15, -0.1) is 0 Å². The zero-order chi connectivity index (χ0) is 9.68. The second-order valence-corrected chi connectivity index (χ2v) is 2.77. The number of hydrogen-bond acceptors (Lipinski definition) is 1. The highest BCUT2D eigenvalue weighted by Crippen LogP contribution is 2.07. The first-order valence-electron chi connectivity index (χ1n) is 4.14. The Morgan fingerprint density at radius 3 is 2.38 bits per heavy atom. The quantitative estimate of drug-likeness (QED) is 0.506. The number of carbonyl (C=O) groups is 1. The maximum absolute atomic E-state index is 11.0. The van der Waals surface area contributed by atoms with Gasteiger partial charge in [-0.05, 0) is 18.6 Å². The second-order valence-electron chi connectivity index (χ2n) is 2.77. The molecule has 0 bridgehead atoms. The summed E-state index contributed by atoms with van der Waals surface area (Å²) in [5.41, 5.74) is 1.67. The number of Topliss-reactive ketones (excluding diaryl/α,β-unsaturated/α-hetero) is 1. The van der Waals surface area contributed by atoms with Crippen molar-refractivity contribution in [1.82, 2.24) is 0 Å². The normalized spacial score (nSPS) is 11.0. The van der Waals surface area contributed by atoms with Gasteiger partial charge in [-0.25, -0.2) is 0 Å². The van der Waals surface area contributed by atoms with E-state index >= 15 is 0 Å². The van der Waals surface area contributed by atoms with Crippen molar-refractivity contribution < 1.29 is 4.79 Å². The van der Waals surface area contributed by atoms with Gasteiger partial charge < -0.3 is 0 Å². The highest BCUT2D eigenvalue weighted by atomic mass is 16.1. The summed E-state index contributed by atoms with van der Waals surface area (Å²) < 4.78 is 0.